The molecule has 0 spiro atoms. The molecule has 4 heteroatoms. The Balaban J connectivity index is 1.91. The van der Waals surface area contributed by atoms with Gasteiger partial charge in [-0.3, -0.25) is 9.59 Å². The molecule has 0 unspecified atom stereocenters. The summed E-state index contributed by atoms with van der Waals surface area (Å²) in [4.78, 5) is 25.6. The molecule has 1 amide bonds. The number of hydrogen-bond acceptors (Lipinski definition) is 3. The molecule has 4 nitrogen and oxygen atoms in total. The molecule has 1 heterocycles. The number of nitrogens with one attached hydrogen (secondary N) is 1. The molecule has 0 radical (unpaired) electrons. The number of benzene rings is 1. The topological polar surface area (TPSA) is 49.4 Å². The van der Waals surface area contributed by atoms with Crippen LogP contribution in [0.2, 0.25) is 0 Å². The molecule has 1 aliphatic rings. The maximum atomic E-state index is 12.4. The molecule has 1 N–H and O–H groups in total. The number of hydrogen-bond donors (Lipinski definition) is 1. The standard InChI is InChI=1S/C17H24N2O2/c1-3-18-12-14-8-10-19(11-9-14)17(21)16-6-4-15(5-7-16)13(2)20/h4-7,14,18H,3,8-12H2,1-2H3. The molecule has 0 bridgehead atoms. The average molecular weight is 288 g/mol. The molecule has 1 aromatic rings. The van der Waals surface area contributed by atoms with Gasteiger partial charge in [0.25, 0.3) is 5.91 Å². The summed E-state index contributed by atoms with van der Waals surface area (Å²) in [6.07, 6.45) is 2.12. The minimum atomic E-state index is 0.0261. The van der Waals surface area contributed by atoms with Crippen LogP contribution in [0.3, 0.4) is 0 Å². The Morgan fingerprint density at radius 1 is 1.14 bits per heavy atom. The number of carbonyl (C=O) groups is 2. The van der Waals surface area contributed by atoms with Crippen LogP contribution in [0.1, 0.15) is 47.4 Å². The van der Waals surface area contributed by atoms with Gasteiger partial charge < -0.3 is 10.2 Å². The molecule has 114 valence electrons. The van der Waals surface area contributed by atoms with Gasteiger partial charge in [0.05, 0.1) is 0 Å². The van der Waals surface area contributed by atoms with E-state index < -0.39 is 0 Å². The van der Waals surface area contributed by atoms with E-state index in [9.17, 15) is 9.59 Å². The summed E-state index contributed by atoms with van der Waals surface area (Å²) in [5.74, 6) is 0.777. The fraction of sp³-hybridized carbons (Fsp3) is 0.529. The number of piperidine rings is 1. The van der Waals surface area contributed by atoms with E-state index >= 15 is 0 Å². The van der Waals surface area contributed by atoms with Gasteiger partial charge in [-0.2, -0.15) is 0 Å². The van der Waals surface area contributed by atoms with Crippen molar-refractivity contribution in [2.75, 3.05) is 26.2 Å². The fourth-order valence-corrected chi connectivity index (χ4v) is 2.72. The predicted octanol–water partition coefficient (Wildman–Crippen LogP) is 2.35. The highest BCUT2D eigenvalue weighted by Crippen LogP contribution is 2.18. The quantitative estimate of drug-likeness (QED) is 0.846. The molecule has 2 rings (SSSR count). The minimum Gasteiger partial charge on any atom is -0.339 e. The summed E-state index contributed by atoms with van der Waals surface area (Å²) >= 11 is 0. The van der Waals surface area contributed by atoms with Crippen molar-refractivity contribution in [3.8, 4) is 0 Å². The van der Waals surface area contributed by atoms with Gasteiger partial charge in [-0.1, -0.05) is 19.1 Å². The van der Waals surface area contributed by atoms with Crippen molar-refractivity contribution < 1.29 is 9.59 Å². The Morgan fingerprint density at radius 2 is 1.71 bits per heavy atom. The summed E-state index contributed by atoms with van der Waals surface area (Å²) in [6, 6.07) is 6.97. The number of carbonyl (C=O) groups excluding carboxylic acids is 2. The van der Waals surface area contributed by atoms with Gasteiger partial charge in [0, 0.05) is 24.2 Å². The highest BCUT2D eigenvalue weighted by atomic mass is 16.2. The second-order valence-corrected chi connectivity index (χ2v) is 5.68. The summed E-state index contributed by atoms with van der Waals surface area (Å²) in [5, 5.41) is 3.38. The van der Waals surface area contributed by atoms with E-state index in [0.29, 0.717) is 17.0 Å². The lowest BCUT2D eigenvalue weighted by Crippen LogP contribution is -2.40. The smallest absolute Gasteiger partial charge is 0.253 e. The highest BCUT2D eigenvalue weighted by molar-refractivity contribution is 5.97. The first kappa shape index (κ1) is 15.7. The number of Topliss-reactive ketones (excluding diaryl/α,β-unsaturated/α-hetero) is 1. The number of ketones is 1. The Bertz CT molecular complexity index is 488. The van der Waals surface area contributed by atoms with E-state index in [4.69, 9.17) is 0 Å². The third-order valence-corrected chi connectivity index (χ3v) is 4.12. The lowest BCUT2D eigenvalue weighted by atomic mass is 9.96. The number of nitrogens with zero attached hydrogens (tertiary/aromatic N) is 1. The molecule has 0 aliphatic carbocycles. The monoisotopic (exact) mass is 288 g/mol. The van der Waals surface area contributed by atoms with Gasteiger partial charge in [0.2, 0.25) is 0 Å². The molecule has 1 aromatic carbocycles. The molecule has 1 fully saturated rings. The van der Waals surface area contributed by atoms with E-state index in [-0.39, 0.29) is 11.7 Å². The lowest BCUT2D eigenvalue weighted by molar-refractivity contribution is 0.0690. The zero-order valence-electron chi connectivity index (χ0n) is 12.9. The number of rotatable bonds is 5. The molecule has 1 saturated heterocycles. The third kappa shape index (κ3) is 4.14. The number of likely N-dealkylation sites (tertiary alicyclic amines) is 1. The van der Waals surface area contributed by atoms with E-state index in [1.165, 1.54) is 6.92 Å². The predicted molar refractivity (Wildman–Crippen MR) is 83.6 cm³/mol. The Kier molecular flexibility index (Phi) is 5.51. The van der Waals surface area contributed by atoms with Crippen molar-refractivity contribution in [3.63, 3.8) is 0 Å². The van der Waals surface area contributed by atoms with Crippen LogP contribution in [-0.4, -0.2) is 42.8 Å². The Labute approximate surface area is 126 Å². The van der Waals surface area contributed by atoms with E-state index in [0.717, 1.165) is 39.0 Å². The molecule has 1 aliphatic heterocycles. The van der Waals surface area contributed by atoms with Crippen LogP contribution < -0.4 is 5.32 Å². The van der Waals surface area contributed by atoms with Crippen molar-refractivity contribution in [1.29, 1.82) is 0 Å². The zero-order valence-corrected chi connectivity index (χ0v) is 12.9. The number of amides is 1. The second-order valence-electron chi connectivity index (χ2n) is 5.68. The van der Waals surface area contributed by atoms with Crippen molar-refractivity contribution in [1.82, 2.24) is 10.2 Å². The van der Waals surface area contributed by atoms with Crippen LogP contribution in [0.5, 0.6) is 0 Å². The molecule has 0 saturated carbocycles. The molecular formula is C17H24N2O2. The van der Waals surface area contributed by atoms with Crippen LogP contribution in [0.25, 0.3) is 0 Å². The van der Waals surface area contributed by atoms with Gasteiger partial charge in [-0.05, 0) is 50.9 Å². The summed E-state index contributed by atoms with van der Waals surface area (Å²) in [6.45, 7) is 7.34. The molecule has 0 atom stereocenters. The summed E-state index contributed by atoms with van der Waals surface area (Å²) in [5.41, 5.74) is 1.32. The SMILES string of the molecule is CCNCC1CCN(C(=O)c2ccc(C(C)=O)cc2)CC1. The minimum absolute atomic E-state index is 0.0261. The molecular weight excluding hydrogens is 264 g/mol. The summed E-state index contributed by atoms with van der Waals surface area (Å²) in [7, 11) is 0. The maximum absolute atomic E-state index is 12.4. The van der Waals surface area contributed by atoms with Gasteiger partial charge in [-0.25, -0.2) is 0 Å². The van der Waals surface area contributed by atoms with Gasteiger partial charge in [-0.15, -0.1) is 0 Å². The zero-order chi connectivity index (χ0) is 15.2. The van der Waals surface area contributed by atoms with Crippen LogP contribution in [-0.2, 0) is 0 Å². The van der Waals surface area contributed by atoms with Crippen LogP contribution in [0, 0.1) is 5.92 Å². The van der Waals surface area contributed by atoms with Crippen molar-refractivity contribution in [3.05, 3.63) is 35.4 Å². The highest BCUT2D eigenvalue weighted by Gasteiger charge is 2.23. The van der Waals surface area contributed by atoms with Crippen LogP contribution in [0.15, 0.2) is 24.3 Å². The molecule has 21 heavy (non-hydrogen) atoms. The van der Waals surface area contributed by atoms with Crippen molar-refractivity contribution >= 4 is 11.7 Å². The normalized spacial score (nSPS) is 16.0. The average Bonchev–Trinajstić information content (AvgIpc) is 2.53. The first-order valence-electron chi connectivity index (χ1n) is 7.72. The third-order valence-electron chi connectivity index (χ3n) is 4.12. The van der Waals surface area contributed by atoms with Gasteiger partial charge in [0.15, 0.2) is 5.78 Å². The first-order chi connectivity index (χ1) is 10.1. The van der Waals surface area contributed by atoms with Crippen molar-refractivity contribution in [2.45, 2.75) is 26.7 Å². The molecule has 0 aromatic heterocycles. The van der Waals surface area contributed by atoms with Gasteiger partial charge in [0.1, 0.15) is 0 Å². The largest absolute Gasteiger partial charge is 0.339 e. The maximum Gasteiger partial charge on any atom is 0.253 e. The first-order valence-corrected chi connectivity index (χ1v) is 7.72. The van der Waals surface area contributed by atoms with E-state index in [1.54, 1.807) is 24.3 Å². The van der Waals surface area contributed by atoms with Gasteiger partial charge >= 0.3 is 0 Å². The van der Waals surface area contributed by atoms with E-state index in [2.05, 4.69) is 12.2 Å². The second kappa shape index (κ2) is 7.36. The Morgan fingerprint density at radius 3 is 2.24 bits per heavy atom. The van der Waals surface area contributed by atoms with E-state index in [1.807, 2.05) is 4.90 Å². The summed E-state index contributed by atoms with van der Waals surface area (Å²) < 4.78 is 0. The van der Waals surface area contributed by atoms with Crippen LogP contribution in [0.4, 0.5) is 0 Å². The fourth-order valence-electron chi connectivity index (χ4n) is 2.72. The lowest BCUT2D eigenvalue weighted by Gasteiger charge is -2.32. The van der Waals surface area contributed by atoms with Crippen molar-refractivity contribution in [2.24, 2.45) is 5.92 Å². The Hall–Kier alpha value is -1.68. The van der Waals surface area contributed by atoms with Crippen LogP contribution >= 0.6 is 0 Å².